The van der Waals surface area contributed by atoms with Crippen molar-refractivity contribution in [2.75, 3.05) is 0 Å². The molecule has 1 rings (SSSR count). The average Bonchev–Trinajstić information content (AvgIpc) is 2.15. The number of aliphatic hydroxyl groups is 1. The minimum atomic E-state index is -0.425. The van der Waals surface area contributed by atoms with Crippen molar-refractivity contribution in [3.8, 4) is 0 Å². The first kappa shape index (κ1) is 14.5. The Morgan fingerprint density at radius 1 is 1.53 bits per heavy atom. The molecule has 0 aliphatic carbocycles. The van der Waals surface area contributed by atoms with E-state index in [0.29, 0.717) is 16.9 Å². The van der Waals surface area contributed by atoms with E-state index in [-0.39, 0.29) is 11.9 Å². The molecular weight excluding hydrogens is 302 g/mol. The van der Waals surface area contributed by atoms with Gasteiger partial charge in [0, 0.05) is 15.4 Å². The molecule has 2 N–H and O–H groups in total. The van der Waals surface area contributed by atoms with Gasteiger partial charge in [0.15, 0.2) is 0 Å². The molecule has 0 saturated carbocycles. The lowest BCUT2D eigenvalue weighted by atomic mass is 10.1. The van der Waals surface area contributed by atoms with Crippen LogP contribution in [0.15, 0.2) is 27.6 Å². The average molecular weight is 318 g/mol. The van der Waals surface area contributed by atoms with Crippen LogP contribution in [-0.2, 0) is 0 Å². The summed E-state index contributed by atoms with van der Waals surface area (Å²) in [5, 5.41) is 12.0. The van der Waals surface area contributed by atoms with Crippen LogP contribution in [0.25, 0.3) is 0 Å². The molecule has 3 nitrogen and oxygen atoms in total. The Labute approximate surface area is 115 Å². The first-order chi connectivity index (χ1) is 7.90. The first-order valence-corrected chi connectivity index (χ1v) is 6.61. The van der Waals surface area contributed by atoms with Crippen LogP contribution in [0.1, 0.15) is 30.6 Å². The number of amides is 1. The maximum Gasteiger partial charge on any atom is 0.252 e. The Kier molecular flexibility index (Phi) is 5.49. The molecule has 0 heterocycles. The number of hydrogen-bond acceptors (Lipinski definition) is 3. The molecule has 1 amide bonds. The molecule has 1 aromatic rings. The van der Waals surface area contributed by atoms with Crippen molar-refractivity contribution in [3.63, 3.8) is 0 Å². The Morgan fingerprint density at radius 3 is 2.71 bits per heavy atom. The predicted molar refractivity (Wildman–Crippen MR) is 74.6 cm³/mol. The molecule has 2 unspecified atom stereocenters. The fraction of sp³-hybridized carbons (Fsp3) is 0.417. The number of hydrogen-bond donors (Lipinski definition) is 3. The minimum Gasteiger partial charge on any atom is -0.393 e. The third-order valence-electron chi connectivity index (χ3n) is 2.28. The molecule has 17 heavy (non-hydrogen) atoms. The monoisotopic (exact) mass is 317 g/mol. The largest absolute Gasteiger partial charge is 0.393 e. The van der Waals surface area contributed by atoms with Crippen molar-refractivity contribution in [1.29, 1.82) is 0 Å². The number of rotatable bonds is 4. The van der Waals surface area contributed by atoms with Crippen molar-refractivity contribution in [2.45, 2.75) is 37.3 Å². The normalized spacial score (nSPS) is 14.2. The Bertz CT molecular complexity index is 409. The van der Waals surface area contributed by atoms with E-state index >= 15 is 0 Å². The summed E-state index contributed by atoms with van der Waals surface area (Å²) in [6.45, 7) is 3.56. The van der Waals surface area contributed by atoms with Gasteiger partial charge in [-0.3, -0.25) is 4.79 Å². The quantitative estimate of drug-likeness (QED) is 0.748. The van der Waals surface area contributed by atoms with Gasteiger partial charge in [0.2, 0.25) is 0 Å². The lowest BCUT2D eigenvalue weighted by molar-refractivity contribution is 0.0920. The Morgan fingerprint density at radius 2 is 2.18 bits per heavy atom. The number of thiol groups is 1. The van der Waals surface area contributed by atoms with E-state index in [1.165, 1.54) is 0 Å². The van der Waals surface area contributed by atoms with Crippen LogP contribution in [0.3, 0.4) is 0 Å². The van der Waals surface area contributed by atoms with Crippen LogP contribution in [0, 0.1) is 0 Å². The van der Waals surface area contributed by atoms with E-state index in [1.54, 1.807) is 25.1 Å². The summed E-state index contributed by atoms with van der Waals surface area (Å²) in [5.74, 6) is -0.171. The molecule has 0 fully saturated rings. The maximum absolute atomic E-state index is 11.9. The molecule has 0 saturated heterocycles. The zero-order valence-corrected chi connectivity index (χ0v) is 12.3. The molecular formula is C12H16BrNO2S. The van der Waals surface area contributed by atoms with Gasteiger partial charge >= 0.3 is 0 Å². The van der Waals surface area contributed by atoms with Crippen LogP contribution in [-0.4, -0.2) is 23.2 Å². The second kappa shape index (κ2) is 6.42. The lowest BCUT2D eigenvalue weighted by Crippen LogP contribution is -2.34. The van der Waals surface area contributed by atoms with Gasteiger partial charge < -0.3 is 10.4 Å². The second-order valence-electron chi connectivity index (χ2n) is 4.12. The van der Waals surface area contributed by atoms with Crippen LogP contribution in [0.5, 0.6) is 0 Å². The van der Waals surface area contributed by atoms with Crippen molar-refractivity contribution >= 4 is 34.5 Å². The Balaban J connectivity index is 2.70. The van der Waals surface area contributed by atoms with E-state index in [4.69, 9.17) is 0 Å². The van der Waals surface area contributed by atoms with Crippen molar-refractivity contribution < 1.29 is 9.90 Å². The molecule has 0 aliphatic rings. The lowest BCUT2D eigenvalue weighted by Gasteiger charge is -2.16. The smallest absolute Gasteiger partial charge is 0.252 e. The van der Waals surface area contributed by atoms with E-state index in [9.17, 15) is 9.90 Å². The molecule has 94 valence electrons. The van der Waals surface area contributed by atoms with E-state index in [0.717, 1.165) is 4.47 Å². The molecule has 0 aliphatic heterocycles. The van der Waals surface area contributed by atoms with Gasteiger partial charge in [-0.05, 0) is 38.5 Å². The van der Waals surface area contributed by atoms with Gasteiger partial charge in [0.1, 0.15) is 0 Å². The van der Waals surface area contributed by atoms with E-state index < -0.39 is 6.10 Å². The highest BCUT2D eigenvalue weighted by Crippen LogP contribution is 2.19. The zero-order chi connectivity index (χ0) is 13.0. The number of carbonyl (C=O) groups excluding carboxylic acids is 1. The molecule has 2 atom stereocenters. The summed E-state index contributed by atoms with van der Waals surface area (Å²) in [6.07, 6.45) is 0.107. The van der Waals surface area contributed by atoms with Crippen LogP contribution >= 0.6 is 28.6 Å². The van der Waals surface area contributed by atoms with Crippen molar-refractivity contribution in [2.24, 2.45) is 0 Å². The summed E-state index contributed by atoms with van der Waals surface area (Å²) in [7, 11) is 0. The molecule has 0 aromatic heterocycles. The summed E-state index contributed by atoms with van der Waals surface area (Å²) in [4.78, 5) is 12.5. The summed E-state index contributed by atoms with van der Waals surface area (Å²) in [5.41, 5.74) is 0.536. The fourth-order valence-electron chi connectivity index (χ4n) is 1.57. The fourth-order valence-corrected chi connectivity index (χ4v) is 2.42. The summed E-state index contributed by atoms with van der Waals surface area (Å²) >= 11 is 7.57. The molecule has 0 bridgehead atoms. The summed E-state index contributed by atoms with van der Waals surface area (Å²) < 4.78 is 0.885. The second-order valence-corrected chi connectivity index (χ2v) is 5.52. The number of nitrogens with one attached hydrogen (secondary N) is 1. The first-order valence-electron chi connectivity index (χ1n) is 5.37. The van der Waals surface area contributed by atoms with Crippen molar-refractivity contribution in [1.82, 2.24) is 5.32 Å². The zero-order valence-electron chi connectivity index (χ0n) is 9.77. The number of halogens is 1. The molecule has 1 aromatic carbocycles. The van der Waals surface area contributed by atoms with Gasteiger partial charge in [0.25, 0.3) is 5.91 Å². The molecule has 0 radical (unpaired) electrons. The van der Waals surface area contributed by atoms with Gasteiger partial charge in [-0.25, -0.2) is 0 Å². The maximum atomic E-state index is 11.9. The predicted octanol–water partition coefficient (Wildman–Crippen LogP) is 2.63. The topological polar surface area (TPSA) is 49.3 Å². The highest BCUT2D eigenvalue weighted by Gasteiger charge is 2.13. The van der Waals surface area contributed by atoms with Gasteiger partial charge in [0.05, 0.1) is 11.7 Å². The molecule has 0 spiro atoms. The minimum absolute atomic E-state index is 0.0705. The number of carbonyl (C=O) groups is 1. The van der Waals surface area contributed by atoms with Gasteiger partial charge in [-0.15, -0.1) is 12.6 Å². The Hall–Kier alpha value is -0.520. The van der Waals surface area contributed by atoms with Gasteiger partial charge in [-0.1, -0.05) is 15.9 Å². The molecule has 5 heteroatoms. The van der Waals surface area contributed by atoms with E-state index in [2.05, 4.69) is 33.9 Å². The number of benzene rings is 1. The SMILES string of the molecule is CC(O)CC(C)NC(=O)c1ccc(Br)cc1S. The van der Waals surface area contributed by atoms with Gasteiger partial charge in [-0.2, -0.15) is 0 Å². The highest BCUT2D eigenvalue weighted by atomic mass is 79.9. The number of aliphatic hydroxyl groups excluding tert-OH is 1. The third kappa shape index (κ3) is 4.69. The summed E-state index contributed by atoms with van der Waals surface area (Å²) in [6, 6.07) is 5.22. The van der Waals surface area contributed by atoms with Crippen LogP contribution in [0.2, 0.25) is 0 Å². The highest BCUT2D eigenvalue weighted by molar-refractivity contribution is 9.10. The van der Waals surface area contributed by atoms with Crippen LogP contribution < -0.4 is 5.32 Å². The van der Waals surface area contributed by atoms with Crippen LogP contribution in [0.4, 0.5) is 0 Å². The third-order valence-corrected chi connectivity index (χ3v) is 3.14. The standard InChI is InChI=1S/C12H16BrNO2S/c1-7(5-8(2)15)14-12(16)10-4-3-9(13)6-11(10)17/h3-4,6-8,15,17H,5H2,1-2H3,(H,14,16). The van der Waals surface area contributed by atoms with E-state index in [1.807, 2.05) is 6.92 Å². The van der Waals surface area contributed by atoms with Crippen molar-refractivity contribution in [3.05, 3.63) is 28.2 Å².